The van der Waals surface area contributed by atoms with Crippen LogP contribution in [0.15, 0.2) is 29.3 Å². The standard InChI is InChI=1S/C14H17BrF2N2/c1-2-3-13(19-6-4-18-5-7-19)14-11(16)8-10(15)9-12(14)17/h2,8-9,13,18H,1,3-7H2/t13-/m0/s1. The Morgan fingerprint density at radius 2 is 1.89 bits per heavy atom. The molecule has 0 amide bonds. The van der Waals surface area contributed by atoms with E-state index in [0.29, 0.717) is 10.9 Å². The van der Waals surface area contributed by atoms with Crippen LogP contribution in [-0.4, -0.2) is 31.1 Å². The number of nitrogens with one attached hydrogen (secondary N) is 1. The summed E-state index contributed by atoms with van der Waals surface area (Å²) in [5.74, 6) is -1.01. The number of halogens is 3. The lowest BCUT2D eigenvalue weighted by Gasteiger charge is -2.35. The average molecular weight is 331 g/mol. The third-order valence-electron chi connectivity index (χ3n) is 3.36. The molecule has 0 unspecified atom stereocenters. The second kappa shape index (κ2) is 6.59. The number of nitrogens with zero attached hydrogens (tertiary/aromatic N) is 1. The van der Waals surface area contributed by atoms with Crippen LogP contribution in [0.25, 0.3) is 0 Å². The number of rotatable bonds is 4. The van der Waals surface area contributed by atoms with Crippen molar-refractivity contribution < 1.29 is 8.78 Å². The molecule has 2 rings (SSSR count). The molecule has 1 aliphatic heterocycles. The van der Waals surface area contributed by atoms with Crippen LogP contribution in [0.1, 0.15) is 18.0 Å². The number of hydrogen-bond acceptors (Lipinski definition) is 2. The normalized spacial score (nSPS) is 18.3. The summed E-state index contributed by atoms with van der Waals surface area (Å²) in [6.45, 7) is 6.95. The molecule has 19 heavy (non-hydrogen) atoms. The first-order valence-electron chi connectivity index (χ1n) is 6.33. The van der Waals surface area contributed by atoms with Crippen LogP contribution in [0.4, 0.5) is 8.78 Å². The molecule has 104 valence electrons. The van der Waals surface area contributed by atoms with Gasteiger partial charge in [0.15, 0.2) is 0 Å². The smallest absolute Gasteiger partial charge is 0.132 e. The van der Waals surface area contributed by atoms with Crippen molar-refractivity contribution in [3.63, 3.8) is 0 Å². The van der Waals surface area contributed by atoms with Gasteiger partial charge in [0.25, 0.3) is 0 Å². The van der Waals surface area contributed by atoms with Gasteiger partial charge in [0.05, 0.1) is 0 Å². The average Bonchev–Trinajstić information content (AvgIpc) is 2.37. The summed E-state index contributed by atoms with van der Waals surface area (Å²) in [6.07, 6.45) is 2.25. The molecule has 2 nitrogen and oxygen atoms in total. The predicted molar refractivity (Wildman–Crippen MR) is 76.1 cm³/mol. The van der Waals surface area contributed by atoms with E-state index in [2.05, 4.69) is 32.7 Å². The molecule has 1 N–H and O–H groups in total. The van der Waals surface area contributed by atoms with E-state index in [-0.39, 0.29) is 11.6 Å². The summed E-state index contributed by atoms with van der Waals surface area (Å²) in [7, 11) is 0. The molecule has 1 aromatic rings. The Labute approximate surface area is 120 Å². The lowest BCUT2D eigenvalue weighted by molar-refractivity contribution is 0.168. The quantitative estimate of drug-likeness (QED) is 0.852. The van der Waals surface area contributed by atoms with E-state index in [1.807, 2.05) is 0 Å². The summed E-state index contributed by atoms with van der Waals surface area (Å²) >= 11 is 3.11. The number of piperazine rings is 1. The highest BCUT2D eigenvalue weighted by Gasteiger charge is 2.26. The molecular formula is C14H17BrF2N2. The Morgan fingerprint density at radius 1 is 1.32 bits per heavy atom. The number of hydrogen-bond donors (Lipinski definition) is 1. The van der Waals surface area contributed by atoms with Gasteiger partial charge in [-0.15, -0.1) is 6.58 Å². The van der Waals surface area contributed by atoms with E-state index >= 15 is 0 Å². The van der Waals surface area contributed by atoms with Gasteiger partial charge in [-0.2, -0.15) is 0 Å². The van der Waals surface area contributed by atoms with E-state index in [4.69, 9.17) is 0 Å². The minimum atomic E-state index is -0.503. The Kier molecular flexibility index (Phi) is 5.07. The van der Waals surface area contributed by atoms with Gasteiger partial charge in [-0.1, -0.05) is 22.0 Å². The highest BCUT2D eigenvalue weighted by Crippen LogP contribution is 2.31. The maximum atomic E-state index is 14.1. The third-order valence-corrected chi connectivity index (χ3v) is 3.82. The second-order valence-electron chi connectivity index (χ2n) is 4.61. The lowest BCUT2D eigenvalue weighted by atomic mass is 10.00. The van der Waals surface area contributed by atoms with Gasteiger partial charge >= 0.3 is 0 Å². The van der Waals surface area contributed by atoms with E-state index in [1.165, 1.54) is 12.1 Å². The van der Waals surface area contributed by atoms with E-state index in [9.17, 15) is 8.78 Å². The van der Waals surface area contributed by atoms with Crippen LogP contribution in [0, 0.1) is 11.6 Å². The van der Waals surface area contributed by atoms with Crippen LogP contribution in [0.3, 0.4) is 0 Å². The molecular weight excluding hydrogens is 314 g/mol. The van der Waals surface area contributed by atoms with Crippen LogP contribution in [0.2, 0.25) is 0 Å². The van der Waals surface area contributed by atoms with Gasteiger partial charge in [0.2, 0.25) is 0 Å². The number of benzene rings is 1. The Hall–Kier alpha value is -0.780. The van der Waals surface area contributed by atoms with Gasteiger partial charge in [-0.25, -0.2) is 8.78 Å². The van der Waals surface area contributed by atoms with Gasteiger partial charge in [0.1, 0.15) is 11.6 Å². The van der Waals surface area contributed by atoms with Crippen molar-refractivity contribution in [2.45, 2.75) is 12.5 Å². The molecule has 0 aliphatic carbocycles. The fraction of sp³-hybridized carbons (Fsp3) is 0.429. The minimum absolute atomic E-state index is 0.144. The van der Waals surface area contributed by atoms with E-state index in [0.717, 1.165) is 26.2 Å². The zero-order chi connectivity index (χ0) is 13.8. The molecule has 0 radical (unpaired) electrons. The highest BCUT2D eigenvalue weighted by molar-refractivity contribution is 9.10. The Balaban J connectivity index is 2.35. The van der Waals surface area contributed by atoms with Crippen molar-refractivity contribution in [2.24, 2.45) is 0 Å². The maximum Gasteiger partial charge on any atom is 0.132 e. The van der Waals surface area contributed by atoms with Gasteiger partial charge < -0.3 is 5.32 Å². The third kappa shape index (κ3) is 3.41. The predicted octanol–water partition coefficient (Wildman–Crippen LogP) is 3.25. The molecule has 1 atom stereocenters. The molecule has 0 spiro atoms. The molecule has 1 aliphatic rings. The van der Waals surface area contributed by atoms with Crippen LogP contribution >= 0.6 is 15.9 Å². The second-order valence-corrected chi connectivity index (χ2v) is 5.52. The van der Waals surface area contributed by atoms with E-state index in [1.54, 1.807) is 6.08 Å². The van der Waals surface area contributed by atoms with Crippen molar-refractivity contribution in [1.29, 1.82) is 0 Å². The van der Waals surface area contributed by atoms with E-state index < -0.39 is 11.6 Å². The first-order valence-corrected chi connectivity index (χ1v) is 7.13. The molecule has 1 fully saturated rings. The largest absolute Gasteiger partial charge is 0.314 e. The van der Waals surface area contributed by atoms with Gasteiger partial charge in [-0.05, 0) is 18.6 Å². The molecule has 0 bridgehead atoms. The zero-order valence-corrected chi connectivity index (χ0v) is 12.2. The van der Waals surface area contributed by atoms with Crippen molar-refractivity contribution in [1.82, 2.24) is 10.2 Å². The molecule has 1 saturated heterocycles. The monoisotopic (exact) mass is 330 g/mol. The van der Waals surface area contributed by atoms with Gasteiger partial charge in [-0.3, -0.25) is 4.90 Å². The summed E-state index contributed by atoms with van der Waals surface area (Å²) < 4.78 is 28.6. The fourth-order valence-electron chi connectivity index (χ4n) is 2.47. The molecule has 1 aromatic carbocycles. The van der Waals surface area contributed by atoms with Crippen LogP contribution < -0.4 is 5.32 Å². The lowest BCUT2D eigenvalue weighted by Crippen LogP contribution is -2.45. The Bertz CT molecular complexity index is 436. The van der Waals surface area contributed by atoms with Crippen molar-refractivity contribution in [2.75, 3.05) is 26.2 Å². The SMILES string of the molecule is C=CC[C@@H](c1c(F)cc(Br)cc1F)N1CCNCC1. The highest BCUT2D eigenvalue weighted by atomic mass is 79.9. The van der Waals surface area contributed by atoms with Crippen molar-refractivity contribution in [3.05, 3.63) is 46.5 Å². The minimum Gasteiger partial charge on any atom is -0.314 e. The molecule has 0 aromatic heterocycles. The van der Waals surface area contributed by atoms with Crippen molar-refractivity contribution >= 4 is 15.9 Å². The topological polar surface area (TPSA) is 15.3 Å². The first-order chi connectivity index (χ1) is 9.13. The summed E-state index contributed by atoms with van der Waals surface area (Å²) in [5.41, 5.74) is 0.144. The zero-order valence-electron chi connectivity index (χ0n) is 10.6. The molecule has 0 saturated carbocycles. The van der Waals surface area contributed by atoms with Crippen molar-refractivity contribution in [3.8, 4) is 0 Å². The summed E-state index contributed by atoms with van der Waals surface area (Å²) in [5, 5.41) is 3.24. The molecule has 5 heteroatoms. The molecule has 1 heterocycles. The Morgan fingerprint density at radius 3 is 2.42 bits per heavy atom. The summed E-state index contributed by atoms with van der Waals surface area (Å²) in [4.78, 5) is 2.10. The maximum absolute atomic E-state index is 14.1. The van der Waals surface area contributed by atoms with Gasteiger partial charge in [0, 0.05) is 42.3 Å². The van der Waals surface area contributed by atoms with Crippen LogP contribution in [0.5, 0.6) is 0 Å². The summed E-state index contributed by atoms with van der Waals surface area (Å²) in [6, 6.07) is 2.35. The van der Waals surface area contributed by atoms with Crippen LogP contribution in [-0.2, 0) is 0 Å². The first kappa shape index (κ1) is 14.6. The fourth-order valence-corrected chi connectivity index (χ4v) is 2.87.